The van der Waals surface area contributed by atoms with Gasteiger partial charge in [0.2, 0.25) is 0 Å². The van der Waals surface area contributed by atoms with E-state index in [2.05, 4.69) is 21.6 Å². The van der Waals surface area contributed by atoms with Crippen LogP contribution in [0, 0.1) is 11.8 Å². The van der Waals surface area contributed by atoms with E-state index in [1.807, 2.05) is 10.6 Å². The minimum absolute atomic E-state index is 0.114. The number of benzene rings is 2. The second kappa shape index (κ2) is 6.26. The molecular formula is C22H16F3N3O2. The van der Waals surface area contributed by atoms with Gasteiger partial charge in [-0.05, 0) is 31.2 Å². The molecule has 2 atom stereocenters. The Morgan fingerprint density at radius 2 is 2.00 bits per heavy atom. The highest BCUT2D eigenvalue weighted by atomic mass is 19.4. The van der Waals surface area contributed by atoms with Crippen molar-refractivity contribution in [2.45, 2.75) is 31.8 Å². The van der Waals surface area contributed by atoms with Crippen LogP contribution < -0.4 is 4.74 Å². The van der Waals surface area contributed by atoms with E-state index in [9.17, 15) is 18.0 Å². The van der Waals surface area contributed by atoms with Crippen LogP contribution in [0.4, 0.5) is 13.2 Å². The second-order valence-corrected chi connectivity index (χ2v) is 7.36. The van der Waals surface area contributed by atoms with Crippen molar-refractivity contribution in [2.75, 3.05) is 7.05 Å². The Labute approximate surface area is 170 Å². The topological polar surface area (TPSA) is 47.4 Å². The molecule has 2 bridgehead atoms. The minimum Gasteiger partial charge on any atom is -0.406 e. The number of alkyl halides is 3. The average molecular weight is 411 g/mol. The molecule has 0 aliphatic carbocycles. The lowest BCUT2D eigenvalue weighted by atomic mass is 9.93. The summed E-state index contributed by atoms with van der Waals surface area (Å²) in [6.07, 6.45) is -4.20. The lowest BCUT2D eigenvalue weighted by Gasteiger charge is -2.24. The van der Waals surface area contributed by atoms with Gasteiger partial charge in [-0.15, -0.1) is 19.1 Å². The van der Waals surface area contributed by atoms with Gasteiger partial charge < -0.3 is 14.2 Å². The maximum Gasteiger partial charge on any atom is 0.573 e. The Hall–Kier alpha value is -3.47. The molecule has 5 nitrogen and oxygen atoms in total. The molecule has 2 unspecified atom stereocenters. The van der Waals surface area contributed by atoms with Gasteiger partial charge in [0.25, 0.3) is 5.91 Å². The first-order valence-corrected chi connectivity index (χ1v) is 9.39. The van der Waals surface area contributed by atoms with Crippen molar-refractivity contribution in [3.8, 4) is 17.6 Å². The monoisotopic (exact) mass is 411 g/mol. The molecule has 0 saturated heterocycles. The molecule has 0 radical (unpaired) electrons. The van der Waals surface area contributed by atoms with Gasteiger partial charge in [-0.3, -0.25) is 4.79 Å². The van der Waals surface area contributed by atoms with Crippen LogP contribution in [0.5, 0.6) is 5.75 Å². The summed E-state index contributed by atoms with van der Waals surface area (Å²) in [6.45, 7) is 1.72. The van der Waals surface area contributed by atoms with Gasteiger partial charge in [0.05, 0.1) is 23.1 Å². The summed E-state index contributed by atoms with van der Waals surface area (Å²) in [4.78, 5) is 19.4. The highest BCUT2D eigenvalue weighted by Crippen LogP contribution is 2.48. The zero-order valence-electron chi connectivity index (χ0n) is 16.1. The summed E-state index contributed by atoms with van der Waals surface area (Å²) in [5, 5.41) is 0. The molecule has 30 heavy (non-hydrogen) atoms. The third-order valence-corrected chi connectivity index (χ3v) is 5.70. The molecule has 2 aliphatic rings. The normalized spacial score (nSPS) is 19.8. The van der Waals surface area contributed by atoms with Gasteiger partial charge in [-0.25, -0.2) is 4.98 Å². The van der Waals surface area contributed by atoms with Gasteiger partial charge in [-0.1, -0.05) is 12.0 Å². The number of carbonyl (C=O) groups excluding carboxylic acids is 1. The van der Waals surface area contributed by atoms with Gasteiger partial charge in [0.1, 0.15) is 11.6 Å². The Bertz CT molecular complexity index is 1270. The van der Waals surface area contributed by atoms with E-state index in [0.717, 1.165) is 11.1 Å². The Kier molecular flexibility index (Phi) is 3.87. The third kappa shape index (κ3) is 2.65. The molecule has 8 heteroatoms. The van der Waals surface area contributed by atoms with E-state index in [-0.39, 0.29) is 23.7 Å². The quantitative estimate of drug-likeness (QED) is 0.557. The average Bonchev–Trinajstić information content (AvgIpc) is 3.20. The highest BCUT2D eigenvalue weighted by Gasteiger charge is 2.44. The summed E-state index contributed by atoms with van der Waals surface area (Å²) in [5.74, 6) is 6.19. The van der Waals surface area contributed by atoms with E-state index in [1.54, 1.807) is 31.0 Å². The molecule has 3 heterocycles. The lowest BCUT2D eigenvalue weighted by molar-refractivity contribution is -0.274. The Balaban J connectivity index is 1.77. The summed E-state index contributed by atoms with van der Waals surface area (Å²) in [7, 11) is 1.73. The summed E-state index contributed by atoms with van der Waals surface area (Å²) < 4.78 is 44.2. The van der Waals surface area contributed by atoms with Gasteiger partial charge in [-0.2, -0.15) is 0 Å². The molecular weight excluding hydrogens is 395 g/mol. The van der Waals surface area contributed by atoms with E-state index in [1.165, 1.54) is 18.2 Å². The van der Waals surface area contributed by atoms with Crippen LogP contribution in [0.2, 0.25) is 0 Å². The predicted molar refractivity (Wildman–Crippen MR) is 103 cm³/mol. The smallest absolute Gasteiger partial charge is 0.406 e. The van der Waals surface area contributed by atoms with Crippen molar-refractivity contribution in [3.05, 3.63) is 58.9 Å². The largest absolute Gasteiger partial charge is 0.573 e. The van der Waals surface area contributed by atoms with Gasteiger partial charge in [0.15, 0.2) is 0 Å². The van der Waals surface area contributed by atoms with Crippen LogP contribution in [-0.4, -0.2) is 33.8 Å². The standard InChI is InChI=1S/C22H16F3N3O2/c1-3-5-12-6-4-7-14-19(12)17-11-18(27(2)21(14)29)20-26-15-9-8-13(30-22(23,24)25)10-16(15)28(17)20/h4,6-10,17-18H,11H2,1-2H3. The second-order valence-electron chi connectivity index (χ2n) is 7.36. The van der Waals surface area contributed by atoms with Crippen LogP contribution in [0.3, 0.4) is 0 Å². The van der Waals surface area contributed by atoms with Crippen LogP contribution in [0.25, 0.3) is 11.0 Å². The molecule has 1 aromatic heterocycles. The first kappa shape index (κ1) is 18.6. The van der Waals surface area contributed by atoms with E-state index in [0.29, 0.717) is 28.8 Å². The number of halogens is 3. The molecule has 152 valence electrons. The number of rotatable bonds is 1. The number of aromatic nitrogens is 2. The molecule has 0 fully saturated rings. The minimum atomic E-state index is -4.78. The van der Waals surface area contributed by atoms with Crippen molar-refractivity contribution < 1.29 is 22.7 Å². The van der Waals surface area contributed by atoms with Crippen LogP contribution >= 0.6 is 0 Å². The van der Waals surface area contributed by atoms with E-state index in [4.69, 9.17) is 0 Å². The molecule has 3 aromatic rings. The number of carbonyl (C=O) groups is 1. The van der Waals surface area contributed by atoms with Crippen molar-refractivity contribution in [3.63, 3.8) is 0 Å². The maximum atomic E-state index is 13.1. The number of amides is 1. The molecule has 2 aromatic carbocycles. The number of ether oxygens (including phenoxy) is 1. The summed E-state index contributed by atoms with van der Waals surface area (Å²) in [5.41, 5.74) is 3.16. The summed E-state index contributed by atoms with van der Waals surface area (Å²) in [6, 6.07) is 8.99. The Morgan fingerprint density at radius 3 is 2.73 bits per heavy atom. The van der Waals surface area contributed by atoms with Crippen molar-refractivity contribution in [1.29, 1.82) is 0 Å². The van der Waals surface area contributed by atoms with Gasteiger partial charge in [0, 0.05) is 36.2 Å². The third-order valence-electron chi connectivity index (χ3n) is 5.70. The molecule has 0 saturated carbocycles. The number of hydrogen-bond donors (Lipinski definition) is 0. The number of nitrogens with zero attached hydrogens (tertiary/aromatic N) is 3. The summed E-state index contributed by atoms with van der Waals surface area (Å²) >= 11 is 0. The highest BCUT2D eigenvalue weighted by molar-refractivity contribution is 5.97. The zero-order valence-corrected chi connectivity index (χ0v) is 16.1. The van der Waals surface area contributed by atoms with Crippen molar-refractivity contribution >= 4 is 16.9 Å². The molecule has 1 amide bonds. The molecule has 0 spiro atoms. The van der Waals surface area contributed by atoms with Crippen LogP contribution in [0.15, 0.2) is 36.4 Å². The molecule has 5 rings (SSSR count). The Morgan fingerprint density at radius 1 is 1.20 bits per heavy atom. The van der Waals surface area contributed by atoms with E-state index < -0.39 is 6.36 Å². The fourth-order valence-corrected chi connectivity index (χ4v) is 4.54. The molecule has 0 N–H and O–H groups in total. The fraction of sp³-hybridized carbons (Fsp3) is 0.273. The zero-order chi connectivity index (χ0) is 21.2. The van der Waals surface area contributed by atoms with Crippen LogP contribution in [0.1, 0.15) is 52.7 Å². The lowest BCUT2D eigenvalue weighted by Crippen LogP contribution is -2.30. The first-order valence-electron chi connectivity index (χ1n) is 9.39. The fourth-order valence-electron chi connectivity index (χ4n) is 4.54. The van der Waals surface area contributed by atoms with E-state index >= 15 is 0 Å². The van der Waals surface area contributed by atoms with Gasteiger partial charge >= 0.3 is 6.36 Å². The number of imidazole rings is 1. The van der Waals surface area contributed by atoms with Crippen molar-refractivity contribution in [1.82, 2.24) is 14.5 Å². The SMILES string of the molecule is CC#Cc1cccc2c1C1CC(c3nc4ccc(OC(F)(F)F)cc4n31)N(C)C2=O. The maximum absolute atomic E-state index is 13.1. The predicted octanol–water partition coefficient (Wildman–Crippen LogP) is 4.43. The number of hydrogen-bond acceptors (Lipinski definition) is 3. The first-order chi connectivity index (χ1) is 14.3. The molecule has 2 aliphatic heterocycles. The number of fused-ring (bicyclic) bond motifs is 9. The van der Waals surface area contributed by atoms with Crippen molar-refractivity contribution in [2.24, 2.45) is 0 Å². The van der Waals surface area contributed by atoms with Crippen LogP contribution in [-0.2, 0) is 0 Å².